The summed E-state index contributed by atoms with van der Waals surface area (Å²) in [6.45, 7) is 1.98. The number of ether oxygens (including phenoxy) is 1. The van der Waals surface area contributed by atoms with Gasteiger partial charge in [0.05, 0.1) is 6.10 Å². The third-order valence-electron chi connectivity index (χ3n) is 1.17. The van der Waals surface area contributed by atoms with Crippen LogP contribution in [0.15, 0.2) is 0 Å². The highest BCUT2D eigenvalue weighted by atomic mass is 16.5. The molecule has 1 fully saturated rings. The molecule has 0 aromatic heterocycles. The molecule has 1 saturated heterocycles. The summed E-state index contributed by atoms with van der Waals surface area (Å²) in [5.41, 5.74) is 0. The van der Waals surface area contributed by atoms with Crippen LogP contribution in [0.2, 0.25) is 0 Å². The second kappa shape index (κ2) is 2.28. The van der Waals surface area contributed by atoms with Gasteiger partial charge in [-0.1, -0.05) is 0 Å². The van der Waals surface area contributed by atoms with Gasteiger partial charge in [-0.25, -0.2) is 0 Å². The lowest BCUT2D eigenvalue weighted by atomic mass is 10.3. The Labute approximate surface area is 43.9 Å². The molecule has 0 aromatic carbocycles. The molecule has 1 aliphatic rings. The first-order valence-electron chi connectivity index (χ1n) is 2.50. The first-order valence-corrected chi connectivity index (χ1v) is 2.50. The van der Waals surface area contributed by atoms with Gasteiger partial charge >= 0.3 is 0 Å². The Kier molecular flexibility index (Phi) is 1.65. The predicted octanol–water partition coefficient (Wildman–Crippen LogP) is -0.191. The van der Waals surface area contributed by atoms with E-state index in [4.69, 9.17) is 4.74 Å². The van der Waals surface area contributed by atoms with Gasteiger partial charge < -0.3 is 10.1 Å². The van der Waals surface area contributed by atoms with Gasteiger partial charge in [0.2, 0.25) is 0 Å². The van der Waals surface area contributed by atoms with Crippen LogP contribution in [0.5, 0.6) is 0 Å². The lowest BCUT2D eigenvalue weighted by molar-refractivity contribution is 0.143. The minimum atomic E-state index is 0.361. The molecule has 0 aromatic rings. The van der Waals surface area contributed by atoms with E-state index in [9.17, 15) is 0 Å². The first kappa shape index (κ1) is 5.06. The Morgan fingerprint density at radius 2 is 2.71 bits per heavy atom. The molecule has 1 atom stereocenters. The van der Waals surface area contributed by atoms with Crippen molar-refractivity contribution in [1.29, 1.82) is 0 Å². The summed E-state index contributed by atoms with van der Waals surface area (Å²) < 4.78 is 4.99. The zero-order chi connectivity index (χ0) is 5.11. The summed E-state index contributed by atoms with van der Waals surface area (Å²) >= 11 is 0. The van der Waals surface area contributed by atoms with Gasteiger partial charge in [-0.2, -0.15) is 0 Å². The van der Waals surface area contributed by atoms with Crippen molar-refractivity contribution in [2.45, 2.75) is 6.10 Å². The molecular weight excluding hydrogens is 90.1 g/mol. The average Bonchev–Trinajstić information content (AvgIpc) is 2.14. The Balaban J connectivity index is 2.14. The maximum atomic E-state index is 4.99. The number of hydrogen-bond donors (Lipinski definition) is 1. The maximum Gasteiger partial charge on any atom is 0.0739 e. The highest BCUT2D eigenvalue weighted by molar-refractivity contribution is 4.87. The van der Waals surface area contributed by atoms with E-state index in [0.29, 0.717) is 6.10 Å². The highest BCUT2D eigenvalue weighted by Gasteiger charge is 2.11. The largest absolute Gasteiger partial charge is 0.380 e. The fourth-order valence-corrected chi connectivity index (χ4v) is 0.703. The molecule has 1 radical (unpaired) electrons. The molecule has 1 N–H and O–H groups in total. The molecule has 0 aliphatic carbocycles. The monoisotopic (exact) mass is 100 g/mol. The Morgan fingerprint density at radius 1 is 1.86 bits per heavy atom. The molecule has 0 spiro atoms. The summed E-state index contributed by atoms with van der Waals surface area (Å²) in [6.07, 6.45) is 2.49. The lowest BCUT2D eigenvalue weighted by Crippen LogP contribution is -2.14. The molecule has 1 unspecified atom stereocenters. The molecule has 2 nitrogen and oxygen atoms in total. The Morgan fingerprint density at radius 3 is 3.00 bits per heavy atom. The zero-order valence-corrected chi connectivity index (χ0v) is 4.48. The van der Waals surface area contributed by atoms with E-state index >= 15 is 0 Å². The fourth-order valence-electron chi connectivity index (χ4n) is 0.703. The maximum absolute atomic E-state index is 4.99. The van der Waals surface area contributed by atoms with Crippen molar-refractivity contribution < 1.29 is 4.74 Å². The van der Waals surface area contributed by atoms with Gasteiger partial charge in [0.15, 0.2) is 0 Å². The molecule has 1 rings (SSSR count). The lowest BCUT2D eigenvalue weighted by Gasteiger charge is -2.01. The molecule has 0 bridgehead atoms. The smallest absolute Gasteiger partial charge is 0.0739 e. The average molecular weight is 100 g/mol. The van der Waals surface area contributed by atoms with E-state index in [1.54, 1.807) is 7.11 Å². The summed E-state index contributed by atoms with van der Waals surface area (Å²) in [5.74, 6) is 0. The number of nitrogens with one attached hydrogen (secondary N) is 1. The third kappa shape index (κ3) is 1.14. The van der Waals surface area contributed by atoms with Crippen molar-refractivity contribution in [2.24, 2.45) is 0 Å². The fraction of sp³-hybridized carbons (Fsp3) is 0.800. The summed E-state index contributed by atoms with van der Waals surface area (Å²) in [4.78, 5) is 0. The quantitative estimate of drug-likeness (QED) is 0.493. The van der Waals surface area contributed by atoms with Crippen LogP contribution in [0.4, 0.5) is 0 Å². The van der Waals surface area contributed by atoms with Crippen LogP contribution >= 0.6 is 0 Å². The van der Waals surface area contributed by atoms with Crippen LogP contribution in [0.1, 0.15) is 0 Å². The number of methoxy groups -OCH3 is 1. The third-order valence-corrected chi connectivity index (χ3v) is 1.17. The zero-order valence-electron chi connectivity index (χ0n) is 4.48. The Bertz CT molecular complexity index is 50.0. The number of hydrogen-bond acceptors (Lipinski definition) is 2. The number of rotatable bonds is 1. The van der Waals surface area contributed by atoms with Crippen molar-refractivity contribution in [2.75, 3.05) is 20.2 Å². The topological polar surface area (TPSA) is 21.3 Å². The second-order valence-electron chi connectivity index (χ2n) is 1.67. The molecule has 7 heavy (non-hydrogen) atoms. The van der Waals surface area contributed by atoms with E-state index in [0.717, 1.165) is 13.1 Å². The minimum Gasteiger partial charge on any atom is -0.380 e. The van der Waals surface area contributed by atoms with Crippen LogP contribution in [0.3, 0.4) is 0 Å². The van der Waals surface area contributed by atoms with Crippen LogP contribution in [0.25, 0.3) is 0 Å². The van der Waals surface area contributed by atoms with Crippen molar-refractivity contribution in [3.63, 3.8) is 0 Å². The van der Waals surface area contributed by atoms with Gasteiger partial charge in [0, 0.05) is 26.6 Å². The van der Waals surface area contributed by atoms with E-state index < -0.39 is 0 Å². The summed E-state index contributed by atoms with van der Waals surface area (Å²) in [6, 6.07) is 0. The molecule has 1 heterocycles. The predicted molar refractivity (Wildman–Crippen MR) is 28.0 cm³/mol. The van der Waals surface area contributed by atoms with Crippen molar-refractivity contribution >= 4 is 0 Å². The minimum absolute atomic E-state index is 0.361. The van der Waals surface area contributed by atoms with Crippen molar-refractivity contribution in [3.05, 3.63) is 6.42 Å². The molecule has 1 aliphatic heterocycles. The first-order chi connectivity index (χ1) is 3.43. The van der Waals surface area contributed by atoms with E-state index in [2.05, 4.69) is 11.7 Å². The standard InChI is InChI=1S/C5H10NO/c1-7-5-2-3-6-4-5/h2,5-6H,3-4H2,1H3. The van der Waals surface area contributed by atoms with Gasteiger partial charge in [0.25, 0.3) is 0 Å². The van der Waals surface area contributed by atoms with Gasteiger partial charge in [0.1, 0.15) is 0 Å². The Hall–Kier alpha value is -0.0800. The van der Waals surface area contributed by atoms with Gasteiger partial charge in [-0.3, -0.25) is 0 Å². The van der Waals surface area contributed by atoms with Crippen LogP contribution in [-0.2, 0) is 4.74 Å². The normalized spacial score (nSPS) is 31.3. The van der Waals surface area contributed by atoms with Gasteiger partial charge in [-0.05, 0) is 0 Å². The molecule has 0 amide bonds. The molecule has 2 heteroatoms. The van der Waals surface area contributed by atoms with Crippen LogP contribution < -0.4 is 5.32 Å². The van der Waals surface area contributed by atoms with Crippen LogP contribution in [-0.4, -0.2) is 26.3 Å². The highest BCUT2D eigenvalue weighted by Crippen LogP contribution is 1.97. The SMILES string of the molecule is COC1[CH]CNC1. The summed E-state index contributed by atoms with van der Waals surface area (Å²) in [7, 11) is 1.73. The van der Waals surface area contributed by atoms with E-state index in [-0.39, 0.29) is 0 Å². The second-order valence-corrected chi connectivity index (χ2v) is 1.67. The van der Waals surface area contributed by atoms with E-state index in [1.165, 1.54) is 0 Å². The molecule has 41 valence electrons. The molecular formula is C5H10NO. The van der Waals surface area contributed by atoms with E-state index in [1.807, 2.05) is 0 Å². The van der Waals surface area contributed by atoms with Gasteiger partial charge in [-0.15, -0.1) is 0 Å². The summed E-state index contributed by atoms with van der Waals surface area (Å²) in [5, 5.41) is 3.14. The van der Waals surface area contributed by atoms with Crippen LogP contribution in [0, 0.1) is 6.42 Å². The molecule has 0 saturated carbocycles. The van der Waals surface area contributed by atoms with Crippen molar-refractivity contribution in [1.82, 2.24) is 5.32 Å². The van der Waals surface area contributed by atoms with Crippen molar-refractivity contribution in [3.8, 4) is 0 Å².